The summed E-state index contributed by atoms with van der Waals surface area (Å²) in [6, 6.07) is 12.4. The number of rotatable bonds is 5. The predicted octanol–water partition coefficient (Wildman–Crippen LogP) is 3.87. The first-order chi connectivity index (χ1) is 14.0. The zero-order valence-electron chi connectivity index (χ0n) is 15.6. The molecule has 2 amide bonds. The molecule has 0 unspecified atom stereocenters. The molecule has 0 spiro atoms. The minimum atomic E-state index is -0.507. The quantitative estimate of drug-likeness (QED) is 0.709. The summed E-state index contributed by atoms with van der Waals surface area (Å²) in [5.41, 5.74) is 2.01. The Bertz CT molecular complexity index is 1080. The fraction of sp³-hybridized carbons (Fsp3) is 0.190. The third-order valence-electron chi connectivity index (χ3n) is 4.66. The number of carbonyl (C=O) groups is 2. The van der Waals surface area contributed by atoms with E-state index in [0.29, 0.717) is 41.3 Å². The number of carbonyl (C=O) groups excluding carboxylic acids is 2. The van der Waals surface area contributed by atoms with E-state index in [-0.39, 0.29) is 11.7 Å². The van der Waals surface area contributed by atoms with Crippen molar-refractivity contribution in [3.63, 3.8) is 0 Å². The Morgan fingerprint density at radius 3 is 2.83 bits per heavy atom. The van der Waals surface area contributed by atoms with Crippen LogP contribution in [0.2, 0.25) is 0 Å². The zero-order valence-corrected chi connectivity index (χ0v) is 15.6. The number of nitrogens with one attached hydrogen (secondary N) is 1. The van der Waals surface area contributed by atoms with Gasteiger partial charge in [0.25, 0.3) is 5.91 Å². The zero-order chi connectivity index (χ0) is 20.4. The summed E-state index contributed by atoms with van der Waals surface area (Å²) in [5.74, 6) is -0.392. The van der Waals surface area contributed by atoms with Gasteiger partial charge in [0.1, 0.15) is 17.3 Å². The molecule has 2 heterocycles. The van der Waals surface area contributed by atoms with Crippen molar-refractivity contribution >= 4 is 23.2 Å². The van der Waals surface area contributed by atoms with Crippen molar-refractivity contribution in [2.75, 3.05) is 23.9 Å². The molecule has 148 valence electrons. The lowest BCUT2D eigenvalue weighted by Crippen LogP contribution is -2.24. The molecule has 1 aromatic heterocycles. The average molecular weight is 395 g/mol. The molecular weight excluding hydrogens is 377 g/mol. The molecule has 29 heavy (non-hydrogen) atoms. The molecule has 0 saturated carbocycles. The molecule has 0 aliphatic carbocycles. The minimum absolute atomic E-state index is 0.0120. The van der Waals surface area contributed by atoms with E-state index in [4.69, 9.17) is 9.26 Å². The van der Waals surface area contributed by atoms with Gasteiger partial charge in [-0.15, -0.1) is 0 Å². The molecule has 1 N–H and O–H groups in total. The van der Waals surface area contributed by atoms with Crippen molar-refractivity contribution in [1.29, 1.82) is 0 Å². The Morgan fingerprint density at radius 2 is 2.10 bits per heavy atom. The van der Waals surface area contributed by atoms with Gasteiger partial charge >= 0.3 is 0 Å². The SMILES string of the molecule is COc1cc(NC(=O)c2cc(-c3cccc(F)c3)no2)ccc1N1CCCC1=O. The third kappa shape index (κ3) is 3.82. The number of hydrogen-bond acceptors (Lipinski definition) is 5. The highest BCUT2D eigenvalue weighted by Gasteiger charge is 2.25. The highest BCUT2D eigenvalue weighted by atomic mass is 19.1. The van der Waals surface area contributed by atoms with Gasteiger partial charge in [-0.1, -0.05) is 17.3 Å². The van der Waals surface area contributed by atoms with Crippen molar-refractivity contribution in [2.45, 2.75) is 12.8 Å². The number of aromatic nitrogens is 1. The van der Waals surface area contributed by atoms with E-state index < -0.39 is 11.7 Å². The highest BCUT2D eigenvalue weighted by molar-refractivity contribution is 6.03. The Balaban J connectivity index is 1.52. The summed E-state index contributed by atoms with van der Waals surface area (Å²) in [6.45, 7) is 0.641. The first-order valence-electron chi connectivity index (χ1n) is 9.07. The van der Waals surface area contributed by atoms with Crippen LogP contribution in [-0.4, -0.2) is 30.6 Å². The van der Waals surface area contributed by atoms with Crippen LogP contribution in [0, 0.1) is 5.82 Å². The van der Waals surface area contributed by atoms with E-state index in [1.54, 1.807) is 35.2 Å². The number of benzene rings is 2. The highest BCUT2D eigenvalue weighted by Crippen LogP contribution is 2.34. The summed E-state index contributed by atoms with van der Waals surface area (Å²) < 4.78 is 23.9. The molecule has 7 nitrogen and oxygen atoms in total. The first-order valence-corrected chi connectivity index (χ1v) is 9.07. The fourth-order valence-electron chi connectivity index (χ4n) is 3.24. The summed E-state index contributed by atoms with van der Waals surface area (Å²) in [5, 5.41) is 6.54. The van der Waals surface area contributed by atoms with E-state index in [1.165, 1.54) is 25.3 Å². The van der Waals surface area contributed by atoms with Gasteiger partial charge in [0.05, 0.1) is 12.8 Å². The maximum atomic E-state index is 13.4. The number of halogens is 1. The van der Waals surface area contributed by atoms with Crippen LogP contribution in [0.3, 0.4) is 0 Å². The summed E-state index contributed by atoms with van der Waals surface area (Å²) >= 11 is 0. The Morgan fingerprint density at radius 1 is 1.24 bits per heavy atom. The summed E-state index contributed by atoms with van der Waals surface area (Å²) in [6.07, 6.45) is 1.32. The van der Waals surface area contributed by atoms with E-state index in [1.807, 2.05) is 0 Å². The van der Waals surface area contributed by atoms with Crippen LogP contribution in [-0.2, 0) is 4.79 Å². The van der Waals surface area contributed by atoms with Gasteiger partial charge in [-0.05, 0) is 30.7 Å². The molecular formula is C21H18FN3O4. The molecule has 0 radical (unpaired) electrons. The number of ether oxygens (including phenoxy) is 1. The Labute approximate surface area is 166 Å². The summed E-state index contributed by atoms with van der Waals surface area (Å²) in [7, 11) is 1.51. The van der Waals surface area contributed by atoms with Crippen LogP contribution in [0.1, 0.15) is 23.4 Å². The third-order valence-corrected chi connectivity index (χ3v) is 4.66. The lowest BCUT2D eigenvalue weighted by Gasteiger charge is -2.19. The van der Waals surface area contributed by atoms with Crippen molar-refractivity contribution < 1.29 is 23.2 Å². The monoisotopic (exact) mass is 395 g/mol. The van der Waals surface area contributed by atoms with E-state index in [2.05, 4.69) is 10.5 Å². The molecule has 1 saturated heterocycles. The van der Waals surface area contributed by atoms with Crippen molar-refractivity contribution in [2.24, 2.45) is 0 Å². The summed E-state index contributed by atoms with van der Waals surface area (Å²) in [4.78, 5) is 26.2. The minimum Gasteiger partial charge on any atom is -0.494 e. The van der Waals surface area contributed by atoms with Gasteiger partial charge in [-0.3, -0.25) is 9.59 Å². The van der Waals surface area contributed by atoms with E-state index in [0.717, 1.165) is 6.42 Å². The smallest absolute Gasteiger partial charge is 0.294 e. The second-order valence-corrected chi connectivity index (χ2v) is 6.58. The molecule has 4 rings (SSSR count). The van der Waals surface area contributed by atoms with Crippen molar-refractivity contribution in [3.8, 4) is 17.0 Å². The predicted molar refractivity (Wildman–Crippen MR) is 104 cm³/mol. The van der Waals surface area contributed by atoms with Gasteiger partial charge in [0.2, 0.25) is 11.7 Å². The standard InChI is InChI=1S/C21H18FN3O4/c1-28-18-11-15(7-8-17(18)25-9-3-6-20(25)26)23-21(27)19-12-16(24-29-19)13-4-2-5-14(22)10-13/h2,4-5,7-8,10-12H,3,6,9H2,1H3,(H,23,27). The Kier molecular flexibility index (Phi) is 4.99. The second-order valence-electron chi connectivity index (χ2n) is 6.58. The number of nitrogens with zero attached hydrogens (tertiary/aromatic N) is 2. The number of anilines is 2. The number of hydrogen-bond donors (Lipinski definition) is 1. The molecule has 1 fully saturated rings. The molecule has 2 aromatic carbocycles. The van der Waals surface area contributed by atoms with E-state index in [9.17, 15) is 14.0 Å². The Hall–Kier alpha value is -3.68. The maximum absolute atomic E-state index is 13.4. The van der Waals surface area contributed by atoms with Gasteiger partial charge in [0, 0.05) is 36.3 Å². The second kappa shape index (κ2) is 7.75. The van der Waals surface area contributed by atoms with Crippen LogP contribution in [0.25, 0.3) is 11.3 Å². The molecule has 3 aromatic rings. The van der Waals surface area contributed by atoms with Gasteiger partial charge < -0.3 is 19.5 Å². The molecule has 1 aliphatic rings. The molecule has 8 heteroatoms. The van der Waals surface area contributed by atoms with Crippen LogP contribution < -0.4 is 15.0 Å². The lowest BCUT2D eigenvalue weighted by molar-refractivity contribution is -0.117. The van der Waals surface area contributed by atoms with Gasteiger partial charge in [0.15, 0.2) is 0 Å². The number of methoxy groups -OCH3 is 1. The molecule has 1 aliphatic heterocycles. The van der Waals surface area contributed by atoms with Gasteiger partial charge in [-0.2, -0.15) is 0 Å². The molecule has 0 bridgehead atoms. The van der Waals surface area contributed by atoms with Crippen LogP contribution in [0.4, 0.5) is 15.8 Å². The normalized spacial score (nSPS) is 13.6. The van der Waals surface area contributed by atoms with E-state index >= 15 is 0 Å². The average Bonchev–Trinajstić information content (AvgIpc) is 3.37. The first kappa shape index (κ1) is 18.7. The van der Waals surface area contributed by atoms with Gasteiger partial charge in [-0.25, -0.2) is 4.39 Å². The fourth-order valence-corrected chi connectivity index (χ4v) is 3.24. The van der Waals surface area contributed by atoms with Crippen LogP contribution >= 0.6 is 0 Å². The lowest BCUT2D eigenvalue weighted by atomic mass is 10.1. The van der Waals surface area contributed by atoms with Crippen molar-refractivity contribution in [3.05, 3.63) is 60.1 Å². The van der Waals surface area contributed by atoms with Crippen LogP contribution in [0.15, 0.2) is 53.1 Å². The topological polar surface area (TPSA) is 84.7 Å². The largest absolute Gasteiger partial charge is 0.494 e. The van der Waals surface area contributed by atoms with Crippen molar-refractivity contribution in [1.82, 2.24) is 5.16 Å². The van der Waals surface area contributed by atoms with Crippen LogP contribution in [0.5, 0.6) is 5.75 Å². The molecule has 0 atom stereocenters. The maximum Gasteiger partial charge on any atom is 0.294 e. The number of amides is 2.